The van der Waals surface area contributed by atoms with E-state index in [1.807, 2.05) is 27.2 Å². The van der Waals surface area contributed by atoms with Crippen molar-refractivity contribution in [3.8, 4) is 0 Å². The van der Waals surface area contributed by atoms with Gasteiger partial charge in [-0.2, -0.15) is 0 Å². The van der Waals surface area contributed by atoms with Crippen molar-refractivity contribution in [3.05, 3.63) is 24.3 Å². The van der Waals surface area contributed by atoms with Gasteiger partial charge in [0.25, 0.3) is 7.82 Å². The molecule has 0 rings (SSSR count). The van der Waals surface area contributed by atoms with Gasteiger partial charge in [0.15, 0.2) is 0 Å². The molecular formula is C28H55N2O6P. The van der Waals surface area contributed by atoms with Gasteiger partial charge < -0.3 is 28.8 Å². The number of unbranched alkanes of at least 4 members (excludes halogenated alkanes) is 9. The smallest absolute Gasteiger partial charge is 0.268 e. The van der Waals surface area contributed by atoms with Crippen LogP contribution in [0.5, 0.6) is 0 Å². The second-order valence-electron chi connectivity index (χ2n) is 10.7. The van der Waals surface area contributed by atoms with Crippen molar-refractivity contribution < 1.29 is 32.9 Å². The first-order chi connectivity index (χ1) is 17.5. The SMILES string of the molecule is CCC/C=C/CC/C=C/C(O)C(COP(=O)([O-])OCC[N+](C)(C)C)NC(=O)CCCCCCCCCC. The first kappa shape index (κ1) is 36.0. The monoisotopic (exact) mass is 546 g/mol. The van der Waals surface area contributed by atoms with Gasteiger partial charge in [0.05, 0.1) is 39.9 Å². The molecule has 0 saturated heterocycles. The Labute approximate surface area is 226 Å². The lowest BCUT2D eigenvalue weighted by atomic mass is 10.1. The second-order valence-corrected chi connectivity index (χ2v) is 12.2. The largest absolute Gasteiger partial charge is 0.756 e. The predicted octanol–water partition coefficient (Wildman–Crippen LogP) is 5.26. The van der Waals surface area contributed by atoms with Gasteiger partial charge in [0.2, 0.25) is 5.91 Å². The van der Waals surface area contributed by atoms with Gasteiger partial charge in [-0.3, -0.25) is 9.36 Å². The fourth-order valence-electron chi connectivity index (χ4n) is 3.52. The molecule has 0 aliphatic rings. The average Bonchev–Trinajstić information content (AvgIpc) is 2.81. The molecule has 0 aromatic heterocycles. The summed E-state index contributed by atoms with van der Waals surface area (Å²) in [7, 11) is 1.23. The number of aliphatic hydroxyl groups excluding tert-OH is 1. The molecule has 9 heteroatoms. The summed E-state index contributed by atoms with van der Waals surface area (Å²) in [6.07, 6.45) is 19.7. The Morgan fingerprint density at radius 2 is 1.51 bits per heavy atom. The van der Waals surface area contributed by atoms with Crippen LogP contribution in [0.15, 0.2) is 24.3 Å². The Bertz CT molecular complexity index is 678. The third-order valence-corrected chi connectivity index (χ3v) is 6.86. The van der Waals surface area contributed by atoms with Crippen LogP contribution in [0.2, 0.25) is 0 Å². The summed E-state index contributed by atoms with van der Waals surface area (Å²) in [4.78, 5) is 24.7. The summed E-state index contributed by atoms with van der Waals surface area (Å²) >= 11 is 0. The number of hydrogen-bond donors (Lipinski definition) is 2. The fraction of sp³-hybridized carbons (Fsp3) is 0.821. The number of allylic oxidation sites excluding steroid dienone is 3. The van der Waals surface area contributed by atoms with Crippen molar-refractivity contribution in [1.82, 2.24) is 5.32 Å². The van der Waals surface area contributed by atoms with Crippen molar-refractivity contribution in [2.24, 2.45) is 0 Å². The molecule has 0 saturated carbocycles. The summed E-state index contributed by atoms with van der Waals surface area (Å²) in [5.41, 5.74) is 0. The lowest BCUT2D eigenvalue weighted by Gasteiger charge is -2.29. The molecule has 0 heterocycles. The molecule has 0 spiro atoms. The lowest BCUT2D eigenvalue weighted by molar-refractivity contribution is -0.870. The van der Waals surface area contributed by atoms with Crippen LogP contribution in [0, 0.1) is 0 Å². The summed E-state index contributed by atoms with van der Waals surface area (Å²) in [5, 5.41) is 13.4. The van der Waals surface area contributed by atoms with Gasteiger partial charge in [0, 0.05) is 6.42 Å². The molecule has 0 aliphatic heterocycles. The van der Waals surface area contributed by atoms with Gasteiger partial charge in [-0.05, 0) is 25.7 Å². The van der Waals surface area contributed by atoms with Gasteiger partial charge in [-0.25, -0.2) is 0 Å². The van der Waals surface area contributed by atoms with E-state index in [1.165, 1.54) is 32.1 Å². The number of likely N-dealkylation sites (N-methyl/N-ethyl adjacent to an activating group) is 1. The Hall–Kier alpha value is -1.02. The maximum atomic E-state index is 12.5. The van der Waals surface area contributed by atoms with Gasteiger partial charge in [0.1, 0.15) is 13.2 Å². The van der Waals surface area contributed by atoms with Crippen LogP contribution in [0.25, 0.3) is 0 Å². The summed E-state index contributed by atoms with van der Waals surface area (Å²) in [6, 6.07) is -0.891. The molecule has 0 aliphatic carbocycles. The number of carbonyl (C=O) groups excluding carboxylic acids is 1. The standard InChI is InChI=1S/C28H55N2O6P/c1-6-8-10-12-14-16-18-20-22-28(32)29-26(27(31)21-19-17-15-13-11-9-7-2)25-36-37(33,34)35-24-23-30(3,4)5/h11,13,19,21,26-27,31H,6-10,12,14-18,20,22-25H2,1-5H3,(H-,29,32,33,34)/b13-11+,21-19+. The molecule has 8 nitrogen and oxygen atoms in total. The number of quaternary nitrogens is 1. The third kappa shape index (κ3) is 23.8. The summed E-state index contributed by atoms with van der Waals surface area (Å²) in [5.74, 6) is -0.221. The van der Waals surface area contributed by atoms with E-state index in [4.69, 9.17) is 9.05 Å². The van der Waals surface area contributed by atoms with Gasteiger partial charge in [-0.1, -0.05) is 89.5 Å². The molecule has 0 radical (unpaired) electrons. The number of nitrogens with zero attached hydrogens (tertiary/aromatic N) is 1. The Kier molecular flexibility index (Phi) is 21.3. The van der Waals surface area contributed by atoms with Crippen LogP contribution in [0.3, 0.4) is 0 Å². The van der Waals surface area contributed by atoms with Crippen molar-refractivity contribution >= 4 is 13.7 Å². The molecule has 0 fully saturated rings. The van der Waals surface area contributed by atoms with E-state index in [0.29, 0.717) is 17.4 Å². The Balaban J connectivity index is 4.76. The van der Waals surface area contributed by atoms with Crippen LogP contribution in [0.1, 0.15) is 97.3 Å². The van der Waals surface area contributed by atoms with Crippen LogP contribution in [-0.2, 0) is 18.4 Å². The molecule has 218 valence electrons. The van der Waals surface area contributed by atoms with E-state index in [1.54, 1.807) is 6.08 Å². The number of phosphoric ester groups is 1. The minimum Gasteiger partial charge on any atom is -0.756 e. The zero-order valence-electron chi connectivity index (χ0n) is 24.2. The number of hydrogen-bond acceptors (Lipinski definition) is 6. The molecular weight excluding hydrogens is 491 g/mol. The van der Waals surface area contributed by atoms with Crippen LogP contribution in [0.4, 0.5) is 0 Å². The average molecular weight is 547 g/mol. The fourth-order valence-corrected chi connectivity index (χ4v) is 4.25. The van der Waals surface area contributed by atoms with Crippen molar-refractivity contribution in [2.75, 3.05) is 40.9 Å². The maximum Gasteiger partial charge on any atom is 0.268 e. The molecule has 3 atom stereocenters. The van der Waals surface area contributed by atoms with Gasteiger partial charge in [-0.15, -0.1) is 0 Å². The first-order valence-corrected chi connectivity index (χ1v) is 15.7. The molecule has 37 heavy (non-hydrogen) atoms. The highest BCUT2D eigenvalue weighted by Gasteiger charge is 2.23. The Morgan fingerprint density at radius 3 is 2.14 bits per heavy atom. The van der Waals surface area contributed by atoms with E-state index < -0.39 is 26.6 Å². The number of rotatable bonds is 24. The summed E-state index contributed by atoms with van der Waals surface area (Å²) in [6.45, 7) is 4.42. The number of carbonyl (C=O) groups is 1. The highest BCUT2D eigenvalue weighted by molar-refractivity contribution is 7.45. The summed E-state index contributed by atoms with van der Waals surface area (Å²) < 4.78 is 22.8. The second kappa shape index (κ2) is 21.9. The van der Waals surface area contributed by atoms with Crippen LogP contribution in [-0.4, -0.2) is 68.5 Å². The molecule has 2 N–H and O–H groups in total. The minimum atomic E-state index is -4.56. The van der Waals surface area contributed by atoms with Crippen molar-refractivity contribution in [2.45, 2.75) is 109 Å². The predicted molar refractivity (Wildman–Crippen MR) is 150 cm³/mol. The normalized spacial score (nSPS) is 15.8. The minimum absolute atomic E-state index is 0.00620. The van der Waals surface area contributed by atoms with Crippen molar-refractivity contribution in [1.29, 1.82) is 0 Å². The van der Waals surface area contributed by atoms with E-state index in [-0.39, 0.29) is 12.5 Å². The highest BCUT2D eigenvalue weighted by Crippen LogP contribution is 2.38. The lowest BCUT2D eigenvalue weighted by Crippen LogP contribution is -2.45. The Morgan fingerprint density at radius 1 is 0.919 bits per heavy atom. The van der Waals surface area contributed by atoms with E-state index in [2.05, 4.69) is 31.3 Å². The van der Waals surface area contributed by atoms with Crippen LogP contribution < -0.4 is 10.2 Å². The topological polar surface area (TPSA) is 108 Å². The van der Waals surface area contributed by atoms with Crippen molar-refractivity contribution in [3.63, 3.8) is 0 Å². The van der Waals surface area contributed by atoms with E-state index in [9.17, 15) is 19.4 Å². The van der Waals surface area contributed by atoms with Crippen LogP contribution >= 0.6 is 7.82 Å². The van der Waals surface area contributed by atoms with E-state index in [0.717, 1.165) is 44.9 Å². The third-order valence-electron chi connectivity index (χ3n) is 5.90. The number of amides is 1. The first-order valence-electron chi connectivity index (χ1n) is 14.2. The number of phosphoric acid groups is 1. The van der Waals surface area contributed by atoms with E-state index >= 15 is 0 Å². The molecule has 3 unspecified atom stereocenters. The molecule has 0 aromatic carbocycles. The zero-order chi connectivity index (χ0) is 28.0. The zero-order valence-corrected chi connectivity index (χ0v) is 25.1. The molecule has 0 aromatic rings. The molecule has 0 bridgehead atoms. The quantitative estimate of drug-likeness (QED) is 0.0740. The molecule has 1 amide bonds. The maximum absolute atomic E-state index is 12.5. The number of nitrogens with one attached hydrogen (secondary N) is 1. The number of aliphatic hydroxyl groups is 1. The van der Waals surface area contributed by atoms with Gasteiger partial charge >= 0.3 is 0 Å². The highest BCUT2D eigenvalue weighted by atomic mass is 31.2.